The maximum Gasteiger partial charge on any atom is 0.416 e. The van der Waals surface area contributed by atoms with Gasteiger partial charge in [-0.15, -0.1) is 0 Å². The molecule has 1 aliphatic heterocycles. The van der Waals surface area contributed by atoms with E-state index in [-0.39, 0.29) is 43.3 Å². The Balaban J connectivity index is 1.68. The van der Waals surface area contributed by atoms with E-state index >= 15 is 0 Å². The lowest BCUT2D eigenvalue weighted by Crippen LogP contribution is -2.48. The number of anilines is 1. The molecule has 0 aliphatic carbocycles. The molecule has 0 saturated carbocycles. The van der Waals surface area contributed by atoms with E-state index in [0.29, 0.717) is 11.3 Å². The molecule has 30 heavy (non-hydrogen) atoms. The number of nitrogens with zero attached hydrogens (tertiary/aromatic N) is 2. The summed E-state index contributed by atoms with van der Waals surface area (Å²) in [7, 11) is -3.73. The van der Waals surface area contributed by atoms with Gasteiger partial charge in [-0.3, -0.25) is 4.79 Å². The third kappa shape index (κ3) is 4.91. The van der Waals surface area contributed by atoms with Crippen molar-refractivity contribution in [1.29, 1.82) is 0 Å². The summed E-state index contributed by atoms with van der Waals surface area (Å²) in [4.78, 5) is 13.3. The van der Waals surface area contributed by atoms with Gasteiger partial charge in [0.15, 0.2) is 5.78 Å². The van der Waals surface area contributed by atoms with Gasteiger partial charge in [0.05, 0.1) is 10.5 Å². The van der Waals surface area contributed by atoms with Gasteiger partial charge in [0.25, 0.3) is 0 Å². The van der Waals surface area contributed by atoms with E-state index in [1.54, 1.807) is 23.1 Å². The van der Waals surface area contributed by atoms with Crippen molar-refractivity contribution in [2.75, 3.05) is 31.1 Å². The van der Waals surface area contributed by atoms with Crippen LogP contribution >= 0.6 is 0 Å². The second-order valence-electron chi connectivity index (χ2n) is 6.93. The van der Waals surface area contributed by atoms with E-state index < -0.39 is 21.8 Å². The number of allylic oxidation sites excluding steroid dienone is 1. The highest BCUT2D eigenvalue weighted by Gasteiger charge is 2.32. The van der Waals surface area contributed by atoms with Crippen LogP contribution in [0.2, 0.25) is 0 Å². The lowest BCUT2D eigenvalue weighted by atomic mass is 10.1. The minimum Gasteiger partial charge on any atom is -0.369 e. The molecule has 0 amide bonds. The Morgan fingerprint density at radius 2 is 1.67 bits per heavy atom. The number of rotatable bonds is 6. The highest BCUT2D eigenvalue weighted by Crippen LogP contribution is 2.32. The third-order valence-corrected chi connectivity index (χ3v) is 6.86. The topological polar surface area (TPSA) is 57.7 Å². The highest BCUT2D eigenvalue weighted by molar-refractivity contribution is 7.89. The molecule has 1 aliphatic rings. The van der Waals surface area contributed by atoms with Crippen LogP contribution in [0.4, 0.5) is 18.9 Å². The highest BCUT2D eigenvalue weighted by atomic mass is 32.2. The second kappa shape index (κ2) is 8.61. The van der Waals surface area contributed by atoms with Gasteiger partial charge in [-0.2, -0.15) is 17.5 Å². The Hall–Kier alpha value is -2.65. The molecule has 9 heteroatoms. The number of ketones is 1. The summed E-state index contributed by atoms with van der Waals surface area (Å²) in [6.07, 6.45) is -3.06. The normalized spacial score (nSPS) is 15.8. The Morgan fingerprint density at radius 1 is 1.03 bits per heavy atom. The molecule has 0 atom stereocenters. The van der Waals surface area contributed by atoms with Gasteiger partial charge < -0.3 is 4.90 Å². The number of piperazine rings is 1. The molecule has 160 valence electrons. The van der Waals surface area contributed by atoms with Crippen molar-refractivity contribution in [2.45, 2.75) is 17.5 Å². The van der Waals surface area contributed by atoms with E-state index in [1.165, 1.54) is 28.6 Å². The van der Waals surface area contributed by atoms with Gasteiger partial charge in [-0.1, -0.05) is 24.8 Å². The molecular formula is C21H21F3N2O3S. The van der Waals surface area contributed by atoms with E-state index in [4.69, 9.17) is 0 Å². The van der Waals surface area contributed by atoms with Crippen LogP contribution < -0.4 is 4.90 Å². The number of carbonyl (C=O) groups is 1. The van der Waals surface area contributed by atoms with Gasteiger partial charge in [-0.05, 0) is 42.0 Å². The molecule has 5 nitrogen and oxygen atoms in total. The fourth-order valence-electron chi connectivity index (χ4n) is 3.27. The number of sulfonamides is 1. The smallest absolute Gasteiger partial charge is 0.369 e. The lowest BCUT2D eigenvalue weighted by molar-refractivity contribution is -0.137. The zero-order valence-electron chi connectivity index (χ0n) is 16.1. The van der Waals surface area contributed by atoms with Crippen molar-refractivity contribution in [3.63, 3.8) is 0 Å². The summed E-state index contributed by atoms with van der Waals surface area (Å²) in [6, 6.07) is 11.1. The van der Waals surface area contributed by atoms with Gasteiger partial charge in [0.2, 0.25) is 10.0 Å². The SMILES string of the molecule is C=CC(=O)Cc1ccc(S(=O)(=O)N2CCN(c3cccc(C(F)(F)F)c3)CC2)cc1. The molecule has 0 bridgehead atoms. The first-order valence-electron chi connectivity index (χ1n) is 9.28. The summed E-state index contributed by atoms with van der Waals surface area (Å²) >= 11 is 0. The number of benzene rings is 2. The van der Waals surface area contributed by atoms with Crippen LogP contribution in [0.25, 0.3) is 0 Å². The second-order valence-corrected chi connectivity index (χ2v) is 8.87. The fraction of sp³-hybridized carbons (Fsp3) is 0.286. The summed E-state index contributed by atoms with van der Waals surface area (Å²) in [5.74, 6) is -0.156. The Bertz CT molecular complexity index is 1030. The molecule has 1 saturated heterocycles. The monoisotopic (exact) mass is 438 g/mol. The molecule has 0 N–H and O–H groups in total. The first-order chi connectivity index (χ1) is 14.1. The third-order valence-electron chi connectivity index (χ3n) is 4.94. The number of carbonyl (C=O) groups excluding carboxylic acids is 1. The Kier molecular flexibility index (Phi) is 6.33. The summed E-state index contributed by atoms with van der Waals surface area (Å²) < 4.78 is 65.9. The Morgan fingerprint density at radius 3 is 2.23 bits per heavy atom. The first-order valence-corrected chi connectivity index (χ1v) is 10.7. The van der Waals surface area contributed by atoms with Gasteiger partial charge in [0, 0.05) is 38.3 Å². The van der Waals surface area contributed by atoms with Crippen molar-refractivity contribution in [2.24, 2.45) is 0 Å². The molecule has 1 fully saturated rings. The summed E-state index contributed by atoms with van der Waals surface area (Å²) in [6.45, 7) is 4.30. The van der Waals surface area contributed by atoms with Crippen LogP contribution in [-0.2, 0) is 27.4 Å². The molecule has 0 spiro atoms. The lowest BCUT2D eigenvalue weighted by Gasteiger charge is -2.35. The van der Waals surface area contributed by atoms with Crippen LogP contribution in [0.5, 0.6) is 0 Å². The van der Waals surface area contributed by atoms with Crippen LogP contribution in [0.15, 0.2) is 66.1 Å². The van der Waals surface area contributed by atoms with Crippen molar-refractivity contribution in [3.05, 3.63) is 72.3 Å². The Labute approximate surface area is 173 Å². The molecule has 0 unspecified atom stereocenters. The van der Waals surface area contributed by atoms with Gasteiger partial charge >= 0.3 is 6.18 Å². The van der Waals surface area contributed by atoms with Crippen LogP contribution in [-0.4, -0.2) is 44.7 Å². The predicted molar refractivity (Wildman–Crippen MR) is 108 cm³/mol. The molecule has 2 aromatic carbocycles. The average molecular weight is 438 g/mol. The minimum atomic E-state index is -4.43. The maximum absolute atomic E-state index is 12.9. The van der Waals surface area contributed by atoms with Crippen molar-refractivity contribution in [1.82, 2.24) is 4.31 Å². The quantitative estimate of drug-likeness (QED) is 0.648. The first kappa shape index (κ1) is 22.0. The van der Waals surface area contributed by atoms with Crippen LogP contribution in [0, 0.1) is 0 Å². The molecule has 1 heterocycles. The number of hydrogen-bond acceptors (Lipinski definition) is 4. The average Bonchev–Trinajstić information content (AvgIpc) is 2.73. The van der Waals surface area contributed by atoms with E-state index in [0.717, 1.165) is 12.1 Å². The van der Waals surface area contributed by atoms with Crippen LogP contribution in [0.1, 0.15) is 11.1 Å². The van der Waals surface area contributed by atoms with Crippen molar-refractivity contribution < 1.29 is 26.4 Å². The number of halogens is 3. The largest absolute Gasteiger partial charge is 0.416 e. The van der Waals surface area contributed by atoms with Crippen molar-refractivity contribution in [3.8, 4) is 0 Å². The van der Waals surface area contributed by atoms with Gasteiger partial charge in [-0.25, -0.2) is 8.42 Å². The maximum atomic E-state index is 12.9. The number of hydrogen-bond donors (Lipinski definition) is 0. The zero-order valence-corrected chi connectivity index (χ0v) is 16.9. The zero-order chi connectivity index (χ0) is 21.9. The molecule has 0 aromatic heterocycles. The predicted octanol–water partition coefficient (Wildman–Crippen LogP) is 3.51. The fourth-order valence-corrected chi connectivity index (χ4v) is 4.69. The minimum absolute atomic E-state index is 0.116. The van der Waals surface area contributed by atoms with Crippen molar-refractivity contribution >= 4 is 21.5 Å². The van der Waals surface area contributed by atoms with E-state index in [9.17, 15) is 26.4 Å². The van der Waals surface area contributed by atoms with Crippen LogP contribution in [0.3, 0.4) is 0 Å². The summed E-state index contributed by atoms with van der Waals surface area (Å²) in [5.41, 5.74) is 0.372. The van der Waals surface area contributed by atoms with Gasteiger partial charge in [0.1, 0.15) is 0 Å². The molecular weight excluding hydrogens is 417 g/mol. The molecule has 0 radical (unpaired) electrons. The van der Waals surface area contributed by atoms with E-state index in [1.807, 2.05) is 0 Å². The standard InChI is InChI=1S/C21H21F3N2O3S/c1-2-19(27)14-16-6-8-20(9-7-16)30(28,29)26-12-10-25(11-13-26)18-5-3-4-17(15-18)21(22,23)24/h2-9,15H,1,10-14H2. The summed E-state index contributed by atoms with van der Waals surface area (Å²) in [5, 5.41) is 0. The number of alkyl halides is 3. The molecule has 2 aromatic rings. The van der Waals surface area contributed by atoms with E-state index in [2.05, 4.69) is 6.58 Å². The molecule has 3 rings (SSSR count).